The number of nitrogens with one attached hydrogen (secondary N) is 1. The number of ether oxygens (including phenoxy) is 1. The van der Waals surface area contributed by atoms with E-state index in [1.807, 2.05) is 0 Å². The van der Waals surface area contributed by atoms with Crippen LogP contribution in [-0.2, 0) is 4.74 Å². The van der Waals surface area contributed by atoms with Gasteiger partial charge >= 0.3 is 0 Å². The molecule has 2 saturated heterocycles. The van der Waals surface area contributed by atoms with Gasteiger partial charge in [0.2, 0.25) is 0 Å². The highest BCUT2D eigenvalue weighted by atomic mass is 16.5. The molecule has 0 saturated carbocycles. The lowest BCUT2D eigenvalue weighted by Crippen LogP contribution is -2.34. The second-order valence-corrected chi connectivity index (χ2v) is 4.52. The van der Waals surface area contributed by atoms with Gasteiger partial charge in [0.25, 0.3) is 0 Å². The number of hydrogen-bond donors (Lipinski definition) is 1. The van der Waals surface area contributed by atoms with Gasteiger partial charge < -0.3 is 4.74 Å². The largest absolute Gasteiger partial charge is 0.363 e. The van der Waals surface area contributed by atoms with Crippen LogP contribution in [0.4, 0.5) is 0 Å². The first-order valence-corrected chi connectivity index (χ1v) is 5.85. The molecule has 0 spiro atoms. The van der Waals surface area contributed by atoms with Crippen LogP contribution in [0.5, 0.6) is 0 Å². The standard InChI is InChI=1S/C13H17NO/c1-2-5-10(6-3-1)12-9-14-13-11(12)7-4-8-15-13/h1-3,5-6,11-14H,4,7-9H2. The molecule has 2 nitrogen and oxygen atoms in total. The Morgan fingerprint density at radius 1 is 1.20 bits per heavy atom. The smallest absolute Gasteiger partial charge is 0.111 e. The molecule has 2 heterocycles. The van der Waals surface area contributed by atoms with E-state index in [1.54, 1.807) is 0 Å². The number of benzene rings is 1. The molecule has 2 aliphatic rings. The lowest BCUT2D eigenvalue weighted by Gasteiger charge is -2.28. The summed E-state index contributed by atoms with van der Waals surface area (Å²) in [6.07, 6.45) is 2.83. The molecule has 3 unspecified atom stereocenters. The summed E-state index contributed by atoms with van der Waals surface area (Å²) in [4.78, 5) is 0. The van der Waals surface area contributed by atoms with Crippen LogP contribution in [0.15, 0.2) is 30.3 Å². The predicted octanol–water partition coefficient (Wildman–Crippen LogP) is 2.13. The first kappa shape index (κ1) is 9.37. The molecule has 0 amide bonds. The Labute approximate surface area is 90.6 Å². The molecule has 0 bridgehead atoms. The number of hydrogen-bond acceptors (Lipinski definition) is 2. The number of rotatable bonds is 1. The van der Waals surface area contributed by atoms with Gasteiger partial charge in [0.15, 0.2) is 0 Å². The average Bonchev–Trinajstić information content (AvgIpc) is 2.74. The fourth-order valence-electron chi connectivity index (χ4n) is 2.89. The van der Waals surface area contributed by atoms with Crippen molar-refractivity contribution in [2.75, 3.05) is 13.2 Å². The van der Waals surface area contributed by atoms with Gasteiger partial charge in [0, 0.05) is 25.0 Å². The zero-order chi connectivity index (χ0) is 10.1. The third-order valence-corrected chi connectivity index (χ3v) is 3.65. The van der Waals surface area contributed by atoms with Crippen LogP contribution in [0.2, 0.25) is 0 Å². The van der Waals surface area contributed by atoms with E-state index in [2.05, 4.69) is 35.6 Å². The van der Waals surface area contributed by atoms with Crippen LogP contribution in [0.25, 0.3) is 0 Å². The maximum atomic E-state index is 5.74. The second kappa shape index (κ2) is 3.95. The van der Waals surface area contributed by atoms with Gasteiger partial charge in [-0.05, 0) is 18.4 Å². The summed E-state index contributed by atoms with van der Waals surface area (Å²) in [6.45, 7) is 2.00. The van der Waals surface area contributed by atoms with Crippen molar-refractivity contribution in [2.24, 2.45) is 5.92 Å². The zero-order valence-electron chi connectivity index (χ0n) is 8.86. The van der Waals surface area contributed by atoms with Gasteiger partial charge in [-0.25, -0.2) is 0 Å². The fraction of sp³-hybridized carbons (Fsp3) is 0.538. The molecule has 0 radical (unpaired) electrons. The van der Waals surface area contributed by atoms with Gasteiger partial charge in [0.05, 0.1) is 0 Å². The molecule has 3 rings (SSSR count). The first-order valence-electron chi connectivity index (χ1n) is 5.85. The van der Waals surface area contributed by atoms with E-state index in [0.717, 1.165) is 13.2 Å². The Morgan fingerprint density at radius 2 is 2.07 bits per heavy atom. The fourth-order valence-corrected chi connectivity index (χ4v) is 2.89. The average molecular weight is 203 g/mol. The minimum atomic E-state index is 0.309. The molecule has 2 aliphatic heterocycles. The summed E-state index contributed by atoms with van der Waals surface area (Å²) in [5, 5.41) is 3.48. The molecule has 1 N–H and O–H groups in total. The number of fused-ring (bicyclic) bond motifs is 1. The van der Waals surface area contributed by atoms with Crippen LogP contribution >= 0.6 is 0 Å². The molecule has 2 fully saturated rings. The van der Waals surface area contributed by atoms with Crippen LogP contribution in [0, 0.1) is 5.92 Å². The highest BCUT2D eigenvalue weighted by Gasteiger charge is 2.38. The van der Waals surface area contributed by atoms with E-state index in [9.17, 15) is 0 Å². The van der Waals surface area contributed by atoms with Crippen molar-refractivity contribution in [3.63, 3.8) is 0 Å². The SMILES string of the molecule is c1ccc(C2CNC3OCCCC32)cc1. The Morgan fingerprint density at radius 3 is 2.93 bits per heavy atom. The minimum Gasteiger partial charge on any atom is -0.363 e. The van der Waals surface area contributed by atoms with Crippen molar-refractivity contribution < 1.29 is 4.74 Å². The van der Waals surface area contributed by atoms with Gasteiger partial charge in [-0.15, -0.1) is 0 Å². The summed E-state index contributed by atoms with van der Waals surface area (Å²) in [5.41, 5.74) is 1.46. The van der Waals surface area contributed by atoms with Crippen LogP contribution in [-0.4, -0.2) is 19.4 Å². The third kappa shape index (κ3) is 1.68. The maximum Gasteiger partial charge on any atom is 0.111 e. The summed E-state index contributed by atoms with van der Waals surface area (Å²) in [7, 11) is 0. The van der Waals surface area contributed by atoms with E-state index in [4.69, 9.17) is 4.74 Å². The third-order valence-electron chi connectivity index (χ3n) is 3.65. The molecule has 3 atom stereocenters. The van der Waals surface area contributed by atoms with Crippen molar-refractivity contribution in [1.82, 2.24) is 5.32 Å². The normalized spacial score (nSPS) is 35.1. The molecule has 0 aromatic heterocycles. The van der Waals surface area contributed by atoms with Crippen LogP contribution in [0.3, 0.4) is 0 Å². The molecule has 1 aromatic rings. The van der Waals surface area contributed by atoms with E-state index in [0.29, 0.717) is 18.1 Å². The summed E-state index contributed by atoms with van der Waals surface area (Å²) in [6, 6.07) is 10.8. The maximum absolute atomic E-state index is 5.74. The molecule has 15 heavy (non-hydrogen) atoms. The molecule has 2 heteroatoms. The van der Waals surface area contributed by atoms with Crippen molar-refractivity contribution in [2.45, 2.75) is 25.0 Å². The van der Waals surface area contributed by atoms with Gasteiger partial charge in [-0.1, -0.05) is 30.3 Å². The summed E-state index contributed by atoms with van der Waals surface area (Å²) in [5.74, 6) is 1.33. The first-order chi connectivity index (χ1) is 7.45. The van der Waals surface area contributed by atoms with Crippen molar-refractivity contribution in [3.8, 4) is 0 Å². The quantitative estimate of drug-likeness (QED) is 0.755. The Hall–Kier alpha value is -0.860. The van der Waals surface area contributed by atoms with E-state index in [1.165, 1.54) is 18.4 Å². The molecule has 80 valence electrons. The zero-order valence-corrected chi connectivity index (χ0v) is 8.86. The Kier molecular flexibility index (Phi) is 2.47. The summed E-state index contributed by atoms with van der Waals surface area (Å²) >= 11 is 0. The Bertz CT molecular complexity index is 325. The molecular weight excluding hydrogens is 186 g/mol. The highest BCUT2D eigenvalue weighted by molar-refractivity contribution is 5.22. The second-order valence-electron chi connectivity index (χ2n) is 4.52. The summed E-state index contributed by atoms with van der Waals surface area (Å²) < 4.78 is 5.74. The molecule has 1 aromatic carbocycles. The predicted molar refractivity (Wildman–Crippen MR) is 59.6 cm³/mol. The van der Waals surface area contributed by atoms with Gasteiger partial charge in [0.1, 0.15) is 6.23 Å². The van der Waals surface area contributed by atoms with Crippen molar-refractivity contribution in [3.05, 3.63) is 35.9 Å². The topological polar surface area (TPSA) is 21.3 Å². The van der Waals surface area contributed by atoms with Gasteiger partial charge in [-0.3, -0.25) is 5.32 Å². The highest BCUT2D eigenvalue weighted by Crippen LogP contribution is 2.37. The molecular formula is C13H17NO. The molecule has 0 aliphatic carbocycles. The van der Waals surface area contributed by atoms with Crippen molar-refractivity contribution in [1.29, 1.82) is 0 Å². The lowest BCUT2D eigenvalue weighted by molar-refractivity contribution is -0.0251. The van der Waals surface area contributed by atoms with E-state index < -0.39 is 0 Å². The monoisotopic (exact) mass is 203 g/mol. The van der Waals surface area contributed by atoms with Crippen LogP contribution in [0.1, 0.15) is 24.3 Å². The lowest BCUT2D eigenvalue weighted by atomic mass is 9.84. The van der Waals surface area contributed by atoms with E-state index >= 15 is 0 Å². The van der Waals surface area contributed by atoms with Gasteiger partial charge in [-0.2, -0.15) is 0 Å². The van der Waals surface area contributed by atoms with Crippen molar-refractivity contribution >= 4 is 0 Å². The Balaban J connectivity index is 1.82. The van der Waals surface area contributed by atoms with E-state index in [-0.39, 0.29) is 0 Å². The van der Waals surface area contributed by atoms with Crippen LogP contribution < -0.4 is 5.32 Å². The minimum absolute atomic E-state index is 0.309.